The van der Waals surface area contributed by atoms with Crippen molar-refractivity contribution in [1.82, 2.24) is 10.0 Å². The van der Waals surface area contributed by atoms with Crippen LogP contribution in [0.3, 0.4) is 0 Å². The van der Waals surface area contributed by atoms with Gasteiger partial charge >= 0.3 is 0 Å². The molecular formula is C11H8N4O2. The zero-order valence-electron chi connectivity index (χ0n) is 8.78. The van der Waals surface area contributed by atoms with Crippen LogP contribution in [0, 0.1) is 0 Å². The van der Waals surface area contributed by atoms with Crippen LogP contribution in [0.5, 0.6) is 0 Å². The van der Waals surface area contributed by atoms with Gasteiger partial charge in [0.1, 0.15) is 19.3 Å². The highest BCUT2D eigenvalue weighted by atomic mass is 16.2. The monoisotopic (exact) mass is 228 g/mol. The van der Waals surface area contributed by atoms with Crippen molar-refractivity contribution < 1.29 is 9.59 Å². The first-order valence-corrected chi connectivity index (χ1v) is 5.05. The van der Waals surface area contributed by atoms with E-state index in [-0.39, 0.29) is 18.5 Å². The van der Waals surface area contributed by atoms with Crippen molar-refractivity contribution in [1.29, 1.82) is 0 Å². The smallest absolute Gasteiger partial charge is 0.267 e. The maximum absolute atomic E-state index is 12.1. The molecule has 17 heavy (non-hydrogen) atoms. The predicted octanol–water partition coefficient (Wildman–Crippen LogP) is 0.527. The molecule has 0 atom stereocenters. The van der Waals surface area contributed by atoms with E-state index in [0.29, 0.717) is 11.1 Å². The molecule has 1 aromatic carbocycles. The first-order valence-electron chi connectivity index (χ1n) is 5.05. The molecule has 1 aromatic rings. The van der Waals surface area contributed by atoms with Gasteiger partial charge in [0.25, 0.3) is 11.8 Å². The standard InChI is InChI=1S/C11H8N4O2/c16-10-8-3-1-2-4-9(8)11(17)15(10)14-6-12-5-13-7-14/h1-6H,7H2. The second-order valence-electron chi connectivity index (χ2n) is 3.61. The number of carbonyl (C=O) groups excluding carboxylic acids is 2. The number of fused-ring (bicyclic) bond motifs is 1. The van der Waals surface area contributed by atoms with Gasteiger partial charge in [0, 0.05) is 0 Å². The molecule has 84 valence electrons. The minimum absolute atomic E-state index is 0.217. The third kappa shape index (κ3) is 1.34. The lowest BCUT2D eigenvalue weighted by molar-refractivity contribution is 0.0314. The quantitative estimate of drug-likeness (QED) is 0.658. The van der Waals surface area contributed by atoms with Gasteiger partial charge in [-0.2, -0.15) is 5.01 Å². The van der Waals surface area contributed by atoms with Gasteiger partial charge in [-0.15, -0.1) is 0 Å². The largest absolute Gasteiger partial charge is 0.280 e. The zero-order chi connectivity index (χ0) is 11.8. The minimum Gasteiger partial charge on any atom is -0.267 e. The van der Waals surface area contributed by atoms with Gasteiger partial charge in [0.2, 0.25) is 0 Å². The SMILES string of the molecule is O=C1c2ccccc2C(=O)N1N1C=NC=NC1. The summed E-state index contributed by atoms with van der Waals surface area (Å²) < 4.78 is 0. The van der Waals surface area contributed by atoms with Crippen molar-refractivity contribution in [3.8, 4) is 0 Å². The Labute approximate surface area is 96.8 Å². The molecule has 0 saturated carbocycles. The first-order chi connectivity index (χ1) is 8.29. The van der Waals surface area contributed by atoms with Crippen LogP contribution in [0.4, 0.5) is 0 Å². The number of amides is 2. The Morgan fingerprint density at radius 1 is 1.06 bits per heavy atom. The van der Waals surface area contributed by atoms with Crippen molar-refractivity contribution in [3.05, 3.63) is 35.4 Å². The van der Waals surface area contributed by atoms with E-state index in [1.54, 1.807) is 24.3 Å². The molecule has 2 heterocycles. The number of imide groups is 1. The molecule has 0 aromatic heterocycles. The summed E-state index contributed by atoms with van der Waals surface area (Å²) in [5.74, 6) is -0.677. The van der Waals surface area contributed by atoms with Crippen LogP contribution in [0.2, 0.25) is 0 Å². The third-order valence-electron chi connectivity index (χ3n) is 2.60. The van der Waals surface area contributed by atoms with E-state index in [4.69, 9.17) is 0 Å². The lowest BCUT2D eigenvalue weighted by Gasteiger charge is -2.26. The fourth-order valence-corrected chi connectivity index (χ4v) is 1.84. The lowest BCUT2D eigenvalue weighted by atomic mass is 10.1. The Morgan fingerprint density at radius 2 is 1.71 bits per heavy atom. The summed E-state index contributed by atoms with van der Waals surface area (Å²) in [6.45, 7) is 0.217. The average molecular weight is 228 g/mol. The van der Waals surface area contributed by atoms with Gasteiger partial charge in [0.05, 0.1) is 11.1 Å². The Hall–Kier alpha value is -2.50. The van der Waals surface area contributed by atoms with Gasteiger partial charge in [-0.3, -0.25) is 14.6 Å². The fourth-order valence-electron chi connectivity index (χ4n) is 1.84. The van der Waals surface area contributed by atoms with Gasteiger partial charge in [-0.25, -0.2) is 10.0 Å². The third-order valence-corrected chi connectivity index (χ3v) is 2.60. The van der Waals surface area contributed by atoms with Gasteiger partial charge in [-0.05, 0) is 12.1 Å². The molecule has 0 fully saturated rings. The van der Waals surface area contributed by atoms with Crippen LogP contribution in [-0.2, 0) is 0 Å². The zero-order valence-corrected chi connectivity index (χ0v) is 8.78. The van der Waals surface area contributed by atoms with Crippen LogP contribution < -0.4 is 0 Å². The molecule has 3 rings (SSSR count). The second kappa shape index (κ2) is 3.51. The van der Waals surface area contributed by atoms with Crippen LogP contribution >= 0.6 is 0 Å². The topological polar surface area (TPSA) is 65.3 Å². The van der Waals surface area contributed by atoms with E-state index in [0.717, 1.165) is 5.01 Å². The molecule has 2 aliphatic heterocycles. The van der Waals surface area contributed by atoms with Crippen molar-refractivity contribution in [3.63, 3.8) is 0 Å². The number of rotatable bonds is 1. The van der Waals surface area contributed by atoms with Crippen LogP contribution in [0.25, 0.3) is 0 Å². The predicted molar refractivity (Wildman–Crippen MR) is 60.6 cm³/mol. The average Bonchev–Trinajstić information content (AvgIpc) is 2.64. The number of aliphatic imine (C=N–C) groups is 2. The summed E-state index contributed by atoms with van der Waals surface area (Å²) in [6.07, 6.45) is 2.79. The van der Waals surface area contributed by atoms with E-state index in [9.17, 15) is 9.59 Å². The van der Waals surface area contributed by atoms with E-state index in [1.165, 1.54) is 17.7 Å². The molecule has 0 radical (unpaired) electrons. The number of hydrogen-bond donors (Lipinski definition) is 0. The number of hydrazine groups is 1. The summed E-state index contributed by atoms with van der Waals surface area (Å²) in [7, 11) is 0. The second-order valence-corrected chi connectivity index (χ2v) is 3.61. The van der Waals surface area contributed by atoms with Crippen LogP contribution in [0.15, 0.2) is 34.3 Å². The summed E-state index contributed by atoms with van der Waals surface area (Å²) in [5.41, 5.74) is 0.834. The molecule has 0 N–H and O–H groups in total. The number of benzene rings is 1. The highest BCUT2D eigenvalue weighted by molar-refractivity contribution is 6.21. The minimum atomic E-state index is -0.339. The summed E-state index contributed by atoms with van der Waals surface area (Å²) in [4.78, 5) is 31.8. The molecule has 0 saturated heterocycles. The molecule has 2 aliphatic rings. The van der Waals surface area contributed by atoms with E-state index >= 15 is 0 Å². The van der Waals surface area contributed by atoms with E-state index in [2.05, 4.69) is 9.98 Å². The Kier molecular flexibility index (Phi) is 2.01. The van der Waals surface area contributed by atoms with Gasteiger partial charge in [0.15, 0.2) is 0 Å². The molecule has 2 amide bonds. The summed E-state index contributed by atoms with van der Waals surface area (Å²) in [6, 6.07) is 6.74. The number of hydrogen-bond acceptors (Lipinski definition) is 5. The normalized spacial score (nSPS) is 17.9. The molecule has 0 spiro atoms. The van der Waals surface area contributed by atoms with Crippen molar-refractivity contribution in [2.45, 2.75) is 0 Å². The maximum Gasteiger partial charge on any atom is 0.280 e. The molecule has 6 heteroatoms. The first kappa shape index (κ1) is 9.71. The Bertz CT molecular complexity index is 529. The van der Waals surface area contributed by atoms with E-state index < -0.39 is 0 Å². The molecular weight excluding hydrogens is 220 g/mol. The van der Waals surface area contributed by atoms with Crippen LogP contribution in [-0.4, -0.2) is 41.2 Å². The van der Waals surface area contributed by atoms with Crippen molar-refractivity contribution in [2.75, 3.05) is 6.67 Å². The molecule has 0 bridgehead atoms. The summed E-state index contributed by atoms with van der Waals surface area (Å²) in [5, 5.41) is 2.45. The Morgan fingerprint density at radius 3 is 2.24 bits per heavy atom. The number of nitrogens with zero attached hydrogens (tertiary/aromatic N) is 4. The highest BCUT2D eigenvalue weighted by Crippen LogP contribution is 2.23. The molecule has 6 nitrogen and oxygen atoms in total. The summed E-state index contributed by atoms with van der Waals surface area (Å²) >= 11 is 0. The van der Waals surface area contributed by atoms with Gasteiger partial charge < -0.3 is 0 Å². The highest BCUT2D eigenvalue weighted by Gasteiger charge is 2.38. The van der Waals surface area contributed by atoms with Crippen molar-refractivity contribution in [2.24, 2.45) is 9.98 Å². The Balaban J connectivity index is 2.00. The van der Waals surface area contributed by atoms with Crippen molar-refractivity contribution >= 4 is 24.5 Å². The molecule has 0 unspecified atom stereocenters. The fraction of sp³-hybridized carbons (Fsp3) is 0.0909. The number of carbonyl (C=O) groups is 2. The van der Waals surface area contributed by atoms with Crippen LogP contribution in [0.1, 0.15) is 20.7 Å². The van der Waals surface area contributed by atoms with Gasteiger partial charge in [-0.1, -0.05) is 12.1 Å². The lowest BCUT2D eigenvalue weighted by Crippen LogP contribution is -2.46. The maximum atomic E-state index is 12.1. The molecule has 0 aliphatic carbocycles. The van der Waals surface area contributed by atoms with E-state index in [1.807, 2.05) is 0 Å².